The van der Waals surface area contributed by atoms with E-state index in [-0.39, 0.29) is 0 Å². The van der Waals surface area contributed by atoms with Crippen LogP contribution in [0.4, 0.5) is 0 Å². The number of guanidine groups is 1. The third kappa shape index (κ3) is 9.54. The van der Waals surface area contributed by atoms with Crippen LogP contribution in [-0.4, -0.2) is 89.9 Å². The molecule has 0 aliphatic carbocycles. The highest BCUT2D eigenvalue weighted by molar-refractivity contribution is 5.80. The molecule has 7 nitrogen and oxygen atoms in total. The van der Waals surface area contributed by atoms with Gasteiger partial charge in [-0.3, -0.25) is 4.99 Å². The second kappa shape index (κ2) is 15.0. The highest BCUT2D eigenvalue weighted by atomic mass is 16.5. The molecule has 2 fully saturated rings. The lowest BCUT2D eigenvalue weighted by molar-refractivity contribution is 0.00987. The van der Waals surface area contributed by atoms with Crippen LogP contribution in [0.5, 0.6) is 0 Å². The minimum Gasteiger partial charge on any atom is -0.385 e. The first-order valence-electron chi connectivity index (χ1n) is 11.1. The van der Waals surface area contributed by atoms with Gasteiger partial charge in [0.1, 0.15) is 0 Å². The zero-order valence-electron chi connectivity index (χ0n) is 18.0. The van der Waals surface area contributed by atoms with Crippen molar-refractivity contribution in [3.05, 3.63) is 0 Å². The number of ether oxygens (including phenoxy) is 4. The number of hydrogen-bond acceptors (Lipinski definition) is 5. The first-order chi connectivity index (χ1) is 13.8. The van der Waals surface area contributed by atoms with E-state index < -0.39 is 0 Å². The molecule has 0 spiro atoms. The van der Waals surface area contributed by atoms with E-state index in [1.54, 1.807) is 7.11 Å². The molecule has 0 amide bonds. The van der Waals surface area contributed by atoms with Crippen molar-refractivity contribution in [2.75, 3.05) is 72.9 Å². The SMILES string of the molecule is CCNC(=NCCCOCC1CCOCC1)N1CCC(OCCCOC)CC1. The summed E-state index contributed by atoms with van der Waals surface area (Å²) in [6.45, 7) is 10.8. The van der Waals surface area contributed by atoms with Crippen LogP contribution in [0.15, 0.2) is 4.99 Å². The van der Waals surface area contributed by atoms with Gasteiger partial charge in [-0.2, -0.15) is 0 Å². The molecule has 0 aromatic heterocycles. The van der Waals surface area contributed by atoms with Gasteiger partial charge in [0.2, 0.25) is 0 Å². The summed E-state index contributed by atoms with van der Waals surface area (Å²) in [5.74, 6) is 1.71. The van der Waals surface area contributed by atoms with Gasteiger partial charge in [0.25, 0.3) is 0 Å². The third-order valence-electron chi connectivity index (χ3n) is 5.33. The first kappa shape index (κ1) is 23.4. The Kier molecular flexibility index (Phi) is 12.5. The molecule has 0 aromatic rings. The van der Waals surface area contributed by atoms with E-state index in [9.17, 15) is 0 Å². The predicted molar refractivity (Wildman–Crippen MR) is 112 cm³/mol. The van der Waals surface area contributed by atoms with Crippen molar-refractivity contribution in [1.82, 2.24) is 10.2 Å². The van der Waals surface area contributed by atoms with Crippen LogP contribution >= 0.6 is 0 Å². The van der Waals surface area contributed by atoms with Gasteiger partial charge in [-0.15, -0.1) is 0 Å². The quantitative estimate of drug-likeness (QED) is 0.309. The van der Waals surface area contributed by atoms with Crippen LogP contribution in [0.3, 0.4) is 0 Å². The molecule has 0 aromatic carbocycles. The average molecular weight is 400 g/mol. The zero-order chi connectivity index (χ0) is 19.9. The summed E-state index contributed by atoms with van der Waals surface area (Å²) in [7, 11) is 1.73. The Hall–Kier alpha value is -0.890. The Labute approximate surface area is 171 Å². The molecule has 0 unspecified atom stereocenters. The number of aliphatic imine (C=N–C) groups is 1. The minimum atomic E-state index is 0.370. The Balaban J connectivity index is 1.59. The molecule has 7 heteroatoms. The number of likely N-dealkylation sites (tertiary alicyclic amines) is 1. The molecule has 0 atom stereocenters. The monoisotopic (exact) mass is 399 g/mol. The van der Waals surface area contributed by atoms with Crippen LogP contribution in [0, 0.1) is 5.92 Å². The van der Waals surface area contributed by atoms with E-state index in [0.29, 0.717) is 12.0 Å². The Morgan fingerprint density at radius 3 is 2.57 bits per heavy atom. The zero-order valence-corrected chi connectivity index (χ0v) is 18.0. The van der Waals surface area contributed by atoms with Gasteiger partial charge in [-0.25, -0.2) is 0 Å². The van der Waals surface area contributed by atoms with E-state index >= 15 is 0 Å². The molecule has 2 aliphatic heterocycles. The van der Waals surface area contributed by atoms with E-state index in [2.05, 4.69) is 17.1 Å². The molecule has 28 heavy (non-hydrogen) atoms. The summed E-state index contributed by atoms with van der Waals surface area (Å²) < 4.78 is 22.3. The van der Waals surface area contributed by atoms with Gasteiger partial charge in [-0.05, 0) is 51.4 Å². The van der Waals surface area contributed by atoms with Crippen molar-refractivity contribution < 1.29 is 18.9 Å². The average Bonchev–Trinajstić information content (AvgIpc) is 2.74. The summed E-state index contributed by atoms with van der Waals surface area (Å²) in [5.41, 5.74) is 0. The molecule has 2 rings (SSSR count). The predicted octanol–water partition coefficient (Wildman–Crippen LogP) is 2.30. The van der Waals surface area contributed by atoms with Crippen molar-refractivity contribution in [1.29, 1.82) is 0 Å². The molecule has 0 saturated carbocycles. The molecular weight excluding hydrogens is 358 g/mol. The highest BCUT2D eigenvalue weighted by Crippen LogP contribution is 2.15. The minimum absolute atomic E-state index is 0.370. The van der Waals surface area contributed by atoms with Gasteiger partial charge in [0, 0.05) is 72.9 Å². The largest absolute Gasteiger partial charge is 0.385 e. The summed E-state index contributed by atoms with van der Waals surface area (Å²) >= 11 is 0. The molecule has 164 valence electrons. The van der Waals surface area contributed by atoms with Crippen LogP contribution in [0.2, 0.25) is 0 Å². The lowest BCUT2D eigenvalue weighted by atomic mass is 10.0. The first-order valence-corrected chi connectivity index (χ1v) is 11.1. The van der Waals surface area contributed by atoms with Crippen LogP contribution < -0.4 is 5.32 Å². The normalized spacial score (nSPS) is 19.9. The maximum atomic E-state index is 5.96. The second-order valence-corrected chi connectivity index (χ2v) is 7.62. The molecule has 0 bridgehead atoms. The van der Waals surface area contributed by atoms with Crippen molar-refractivity contribution in [2.24, 2.45) is 10.9 Å². The van der Waals surface area contributed by atoms with Gasteiger partial charge < -0.3 is 29.2 Å². The fourth-order valence-corrected chi connectivity index (χ4v) is 3.63. The summed E-state index contributed by atoms with van der Waals surface area (Å²) in [6, 6.07) is 0. The summed E-state index contributed by atoms with van der Waals surface area (Å²) in [6.07, 6.45) is 6.70. The Morgan fingerprint density at radius 2 is 1.86 bits per heavy atom. The van der Waals surface area contributed by atoms with Crippen LogP contribution in [0.1, 0.15) is 45.4 Å². The molecule has 2 aliphatic rings. The molecule has 1 N–H and O–H groups in total. The number of nitrogens with one attached hydrogen (secondary N) is 1. The fraction of sp³-hybridized carbons (Fsp3) is 0.952. The molecule has 2 saturated heterocycles. The Bertz CT molecular complexity index is 408. The van der Waals surface area contributed by atoms with E-state index in [1.807, 2.05) is 0 Å². The van der Waals surface area contributed by atoms with E-state index in [1.165, 1.54) is 0 Å². The molecule has 2 heterocycles. The maximum absolute atomic E-state index is 5.96. The van der Waals surface area contributed by atoms with Crippen molar-refractivity contribution >= 4 is 5.96 Å². The highest BCUT2D eigenvalue weighted by Gasteiger charge is 2.21. The van der Waals surface area contributed by atoms with Gasteiger partial charge in [-0.1, -0.05) is 0 Å². The summed E-state index contributed by atoms with van der Waals surface area (Å²) in [4.78, 5) is 7.17. The molecule has 0 radical (unpaired) electrons. The van der Waals surface area contributed by atoms with E-state index in [4.69, 9.17) is 23.9 Å². The van der Waals surface area contributed by atoms with Crippen LogP contribution in [-0.2, 0) is 18.9 Å². The van der Waals surface area contributed by atoms with Gasteiger partial charge in [0.15, 0.2) is 5.96 Å². The van der Waals surface area contributed by atoms with Crippen molar-refractivity contribution in [2.45, 2.75) is 51.6 Å². The van der Waals surface area contributed by atoms with Gasteiger partial charge in [0.05, 0.1) is 6.10 Å². The molecular formula is C21H41N3O4. The van der Waals surface area contributed by atoms with E-state index in [0.717, 1.165) is 110 Å². The number of rotatable bonds is 12. The summed E-state index contributed by atoms with van der Waals surface area (Å²) in [5, 5.41) is 3.43. The van der Waals surface area contributed by atoms with Crippen molar-refractivity contribution in [3.8, 4) is 0 Å². The topological polar surface area (TPSA) is 64.6 Å². The number of hydrogen-bond donors (Lipinski definition) is 1. The van der Waals surface area contributed by atoms with Crippen LogP contribution in [0.25, 0.3) is 0 Å². The van der Waals surface area contributed by atoms with Gasteiger partial charge >= 0.3 is 0 Å². The number of piperidine rings is 1. The number of nitrogens with zero attached hydrogens (tertiary/aromatic N) is 2. The number of methoxy groups -OCH3 is 1. The lowest BCUT2D eigenvalue weighted by Gasteiger charge is -2.34. The standard InChI is InChI=1S/C21H41N3O4/c1-3-22-21(23-10-4-14-27-18-19-8-16-26-17-9-19)24-11-6-20(7-12-24)28-15-5-13-25-2/h19-20H,3-18H2,1-2H3,(H,22,23). The fourth-order valence-electron chi connectivity index (χ4n) is 3.63. The van der Waals surface area contributed by atoms with Crippen molar-refractivity contribution in [3.63, 3.8) is 0 Å². The third-order valence-corrected chi connectivity index (χ3v) is 5.33. The smallest absolute Gasteiger partial charge is 0.193 e. The second-order valence-electron chi connectivity index (χ2n) is 7.62. The maximum Gasteiger partial charge on any atom is 0.193 e. The Morgan fingerprint density at radius 1 is 1.07 bits per heavy atom. The lowest BCUT2D eigenvalue weighted by Crippen LogP contribution is -2.47.